The minimum Gasteiger partial charge on any atom is -0.454 e. The first-order valence-corrected chi connectivity index (χ1v) is 8.97. The van der Waals surface area contributed by atoms with Gasteiger partial charge in [0.1, 0.15) is 6.04 Å². The summed E-state index contributed by atoms with van der Waals surface area (Å²) in [6, 6.07) is -0.856. The van der Waals surface area contributed by atoms with Crippen molar-refractivity contribution in [1.29, 1.82) is 0 Å². The van der Waals surface area contributed by atoms with Crippen LogP contribution in [0.25, 0.3) is 0 Å². The van der Waals surface area contributed by atoms with Crippen molar-refractivity contribution in [2.45, 2.75) is 57.5 Å². The van der Waals surface area contributed by atoms with Gasteiger partial charge in [0.15, 0.2) is 6.61 Å². The van der Waals surface area contributed by atoms with Gasteiger partial charge in [0.25, 0.3) is 5.91 Å². The lowest BCUT2D eigenvalue weighted by atomic mass is 9.85. The summed E-state index contributed by atoms with van der Waals surface area (Å²) in [4.78, 5) is 50.0. The van der Waals surface area contributed by atoms with E-state index in [4.69, 9.17) is 4.74 Å². The highest BCUT2D eigenvalue weighted by molar-refractivity contribution is 6.08. The Morgan fingerprint density at radius 1 is 1.16 bits per heavy atom. The van der Waals surface area contributed by atoms with Gasteiger partial charge in [0.05, 0.1) is 11.8 Å². The molecule has 0 aromatic carbocycles. The molecular weight excluding hydrogens is 324 g/mol. The minimum atomic E-state index is -1.01. The number of nitrogens with zero attached hydrogens (tertiary/aromatic N) is 1. The van der Waals surface area contributed by atoms with Gasteiger partial charge in [-0.1, -0.05) is 25.0 Å². The Kier molecular flexibility index (Phi) is 5.20. The fourth-order valence-corrected chi connectivity index (χ4v) is 3.91. The number of fused-ring (bicyclic) bond motifs is 1. The van der Waals surface area contributed by atoms with Gasteiger partial charge < -0.3 is 10.1 Å². The molecule has 2 fully saturated rings. The molecule has 136 valence electrons. The van der Waals surface area contributed by atoms with Crippen LogP contribution in [-0.2, 0) is 23.9 Å². The van der Waals surface area contributed by atoms with E-state index in [1.54, 1.807) is 0 Å². The molecule has 1 heterocycles. The Hall–Kier alpha value is -2.18. The van der Waals surface area contributed by atoms with E-state index in [-0.39, 0.29) is 42.2 Å². The molecule has 3 aliphatic rings. The van der Waals surface area contributed by atoms with E-state index in [9.17, 15) is 19.2 Å². The molecule has 25 heavy (non-hydrogen) atoms. The van der Waals surface area contributed by atoms with Crippen molar-refractivity contribution in [3.05, 3.63) is 12.2 Å². The fraction of sp³-hybridized carbons (Fsp3) is 0.667. The number of rotatable bonds is 5. The normalized spacial score (nSPS) is 27.3. The summed E-state index contributed by atoms with van der Waals surface area (Å²) in [6.45, 7) is 1.09. The molecule has 2 aliphatic carbocycles. The smallest absolute Gasteiger partial charge is 0.329 e. The summed E-state index contributed by atoms with van der Waals surface area (Å²) in [5, 5.41) is 2.83. The standard InChI is InChI=1S/C18H24N2O5/c1-11(18(24)25-10-15(21)19-12-6-2-3-7-12)20-16(22)13-8-4-5-9-14(13)17(20)23/h4-5,11-14H,2-3,6-10H2,1H3,(H,19,21)/t11-,13-,14-/m0/s1. The predicted molar refractivity (Wildman–Crippen MR) is 88.0 cm³/mol. The number of imide groups is 1. The van der Waals surface area contributed by atoms with E-state index < -0.39 is 12.0 Å². The summed E-state index contributed by atoms with van der Waals surface area (Å²) in [5.74, 6) is -2.46. The summed E-state index contributed by atoms with van der Waals surface area (Å²) in [6.07, 6.45) is 8.93. The molecule has 1 saturated heterocycles. The Balaban J connectivity index is 1.52. The fourth-order valence-electron chi connectivity index (χ4n) is 3.91. The van der Waals surface area contributed by atoms with Crippen molar-refractivity contribution in [2.75, 3.05) is 6.61 Å². The van der Waals surface area contributed by atoms with Crippen LogP contribution in [0.1, 0.15) is 45.4 Å². The quantitative estimate of drug-likeness (QED) is 0.453. The van der Waals surface area contributed by atoms with Crippen molar-refractivity contribution in [3.8, 4) is 0 Å². The summed E-state index contributed by atoms with van der Waals surface area (Å²) >= 11 is 0. The third-order valence-electron chi connectivity index (χ3n) is 5.34. The second kappa shape index (κ2) is 7.37. The van der Waals surface area contributed by atoms with E-state index in [1.807, 2.05) is 12.2 Å². The van der Waals surface area contributed by atoms with E-state index in [2.05, 4.69) is 5.32 Å². The summed E-state index contributed by atoms with van der Waals surface area (Å²) in [5.41, 5.74) is 0. The molecule has 3 rings (SSSR count). The molecule has 1 aliphatic heterocycles. The maximum Gasteiger partial charge on any atom is 0.329 e. The van der Waals surface area contributed by atoms with Gasteiger partial charge in [-0.25, -0.2) is 4.79 Å². The highest BCUT2D eigenvalue weighted by atomic mass is 16.5. The van der Waals surface area contributed by atoms with Gasteiger partial charge in [-0.05, 0) is 32.6 Å². The van der Waals surface area contributed by atoms with Crippen molar-refractivity contribution >= 4 is 23.7 Å². The number of nitrogens with one attached hydrogen (secondary N) is 1. The molecule has 7 nitrogen and oxygen atoms in total. The van der Waals surface area contributed by atoms with Gasteiger partial charge in [-0.3, -0.25) is 19.3 Å². The second-order valence-corrected chi connectivity index (χ2v) is 7.03. The van der Waals surface area contributed by atoms with Crippen LogP contribution >= 0.6 is 0 Å². The number of hydrogen-bond acceptors (Lipinski definition) is 5. The monoisotopic (exact) mass is 348 g/mol. The van der Waals surface area contributed by atoms with Crippen LogP contribution in [0.4, 0.5) is 0 Å². The number of amides is 3. The largest absolute Gasteiger partial charge is 0.454 e. The number of carbonyl (C=O) groups excluding carboxylic acids is 4. The molecule has 0 spiro atoms. The number of ether oxygens (including phenoxy) is 1. The van der Waals surface area contributed by atoms with Gasteiger partial charge in [-0.15, -0.1) is 0 Å². The Morgan fingerprint density at radius 3 is 2.28 bits per heavy atom. The zero-order chi connectivity index (χ0) is 18.0. The molecule has 7 heteroatoms. The van der Waals surface area contributed by atoms with Crippen LogP contribution in [0, 0.1) is 11.8 Å². The maximum atomic E-state index is 12.4. The number of esters is 1. The Morgan fingerprint density at radius 2 is 1.72 bits per heavy atom. The molecule has 0 bridgehead atoms. The summed E-state index contributed by atoms with van der Waals surface area (Å²) in [7, 11) is 0. The Labute approximate surface area is 146 Å². The molecular formula is C18H24N2O5. The highest BCUT2D eigenvalue weighted by Gasteiger charge is 2.50. The highest BCUT2D eigenvalue weighted by Crippen LogP contribution is 2.36. The first kappa shape index (κ1) is 17.6. The predicted octanol–water partition coefficient (Wildman–Crippen LogP) is 0.928. The third-order valence-corrected chi connectivity index (χ3v) is 5.34. The molecule has 0 radical (unpaired) electrons. The average Bonchev–Trinajstić information content (AvgIpc) is 3.20. The van der Waals surface area contributed by atoms with E-state index in [0.29, 0.717) is 12.8 Å². The van der Waals surface area contributed by atoms with E-state index in [0.717, 1.165) is 30.6 Å². The van der Waals surface area contributed by atoms with E-state index >= 15 is 0 Å². The SMILES string of the molecule is C[C@@H](C(=O)OCC(=O)NC1CCCC1)N1C(=O)[C@H]2CC=CC[C@@H]2C1=O. The number of carbonyl (C=O) groups is 4. The van der Waals surface area contributed by atoms with Crippen LogP contribution in [0.5, 0.6) is 0 Å². The molecule has 1 saturated carbocycles. The lowest BCUT2D eigenvalue weighted by Crippen LogP contribution is -2.45. The zero-order valence-electron chi connectivity index (χ0n) is 14.4. The summed E-state index contributed by atoms with van der Waals surface area (Å²) < 4.78 is 5.03. The molecule has 3 amide bonds. The zero-order valence-corrected chi connectivity index (χ0v) is 14.4. The second-order valence-electron chi connectivity index (χ2n) is 7.03. The van der Waals surface area contributed by atoms with Crippen molar-refractivity contribution in [2.24, 2.45) is 11.8 Å². The van der Waals surface area contributed by atoms with Crippen molar-refractivity contribution < 1.29 is 23.9 Å². The molecule has 0 aromatic heterocycles. The third kappa shape index (κ3) is 3.60. The van der Waals surface area contributed by atoms with Crippen LogP contribution in [0.3, 0.4) is 0 Å². The topological polar surface area (TPSA) is 92.8 Å². The molecule has 0 aromatic rings. The number of hydrogen-bond donors (Lipinski definition) is 1. The lowest BCUT2D eigenvalue weighted by Gasteiger charge is -2.21. The number of allylic oxidation sites excluding steroid dienone is 2. The van der Waals surface area contributed by atoms with Crippen LogP contribution < -0.4 is 5.32 Å². The van der Waals surface area contributed by atoms with Gasteiger partial charge in [0.2, 0.25) is 11.8 Å². The van der Waals surface area contributed by atoms with Gasteiger partial charge in [-0.2, -0.15) is 0 Å². The minimum absolute atomic E-state index is 0.154. The molecule has 1 N–H and O–H groups in total. The van der Waals surface area contributed by atoms with Crippen LogP contribution in [-0.4, -0.2) is 47.3 Å². The van der Waals surface area contributed by atoms with E-state index in [1.165, 1.54) is 6.92 Å². The van der Waals surface area contributed by atoms with Gasteiger partial charge in [0, 0.05) is 6.04 Å². The van der Waals surface area contributed by atoms with Crippen molar-refractivity contribution in [1.82, 2.24) is 10.2 Å². The molecule has 0 unspecified atom stereocenters. The average molecular weight is 348 g/mol. The Bertz CT molecular complexity index is 583. The first-order valence-electron chi connectivity index (χ1n) is 8.97. The van der Waals surface area contributed by atoms with Gasteiger partial charge >= 0.3 is 5.97 Å². The van der Waals surface area contributed by atoms with Crippen LogP contribution in [0.15, 0.2) is 12.2 Å². The molecule has 3 atom stereocenters. The van der Waals surface area contributed by atoms with Crippen LogP contribution in [0.2, 0.25) is 0 Å². The maximum absolute atomic E-state index is 12.4. The lowest BCUT2D eigenvalue weighted by molar-refractivity contribution is -0.159. The number of likely N-dealkylation sites (tertiary alicyclic amines) is 1. The first-order chi connectivity index (χ1) is 12.0. The van der Waals surface area contributed by atoms with Crippen molar-refractivity contribution in [3.63, 3.8) is 0 Å².